The summed E-state index contributed by atoms with van der Waals surface area (Å²) >= 11 is 3.53. The van der Waals surface area contributed by atoms with Crippen LogP contribution in [0.4, 0.5) is 0 Å². The van der Waals surface area contributed by atoms with Gasteiger partial charge in [0, 0.05) is 25.6 Å². The maximum absolute atomic E-state index is 12.2. The number of aliphatic hydroxyl groups excluding tert-OH is 1. The summed E-state index contributed by atoms with van der Waals surface area (Å²) in [6.45, 7) is 3.71. The van der Waals surface area contributed by atoms with Gasteiger partial charge in [-0.2, -0.15) is 12.6 Å². The molecule has 2 aromatic carbocycles. The Morgan fingerprint density at radius 1 is 0.903 bits per heavy atom. The molecule has 0 aliphatic carbocycles. The van der Waals surface area contributed by atoms with Crippen molar-refractivity contribution in [2.75, 3.05) is 20.5 Å². The lowest BCUT2D eigenvalue weighted by Crippen LogP contribution is -2.47. The number of aromatic nitrogens is 2. The van der Waals surface area contributed by atoms with E-state index >= 15 is 0 Å². The standard InChI is InChI=1S/C22H22N2O3.CH4O.CH4S/c1-16-14-17(2)24-21(23-16)27-20(15-25)22(26-3,18-10-6-4-7-11-18)19-12-8-5-9-13-19;2*1-2/h4-15,20H,1-3H3;2*2H,1H3. The normalized spacial score (nSPS) is 11.2. The van der Waals surface area contributed by atoms with Gasteiger partial charge in [-0.15, -0.1) is 0 Å². The zero-order valence-corrected chi connectivity index (χ0v) is 19.4. The van der Waals surface area contributed by atoms with E-state index in [0.717, 1.165) is 35.9 Å². The number of ether oxygens (including phenoxy) is 2. The van der Waals surface area contributed by atoms with Gasteiger partial charge in [0.05, 0.1) is 0 Å². The van der Waals surface area contributed by atoms with E-state index in [4.69, 9.17) is 14.6 Å². The first-order chi connectivity index (χ1) is 15.1. The van der Waals surface area contributed by atoms with Crippen molar-refractivity contribution in [2.45, 2.75) is 25.6 Å². The first-order valence-corrected chi connectivity index (χ1v) is 10.5. The molecule has 0 radical (unpaired) electrons. The van der Waals surface area contributed by atoms with Gasteiger partial charge in [-0.1, -0.05) is 60.7 Å². The molecule has 1 heterocycles. The number of thiol groups is 1. The summed E-state index contributed by atoms with van der Waals surface area (Å²) in [5.41, 5.74) is 2.01. The van der Waals surface area contributed by atoms with Gasteiger partial charge in [-0.25, -0.2) is 9.97 Å². The van der Waals surface area contributed by atoms with E-state index < -0.39 is 11.7 Å². The van der Waals surface area contributed by atoms with Crippen LogP contribution < -0.4 is 4.74 Å². The molecule has 0 amide bonds. The van der Waals surface area contributed by atoms with Crippen LogP contribution in [0.1, 0.15) is 22.5 Å². The number of hydrogen-bond acceptors (Lipinski definition) is 7. The molecule has 1 N–H and O–H groups in total. The van der Waals surface area contributed by atoms with Crippen molar-refractivity contribution in [3.8, 4) is 6.01 Å². The zero-order chi connectivity index (χ0) is 23.3. The molecule has 166 valence electrons. The van der Waals surface area contributed by atoms with Crippen molar-refractivity contribution in [2.24, 2.45) is 0 Å². The topological polar surface area (TPSA) is 81.5 Å². The molecule has 0 saturated carbocycles. The van der Waals surface area contributed by atoms with Crippen LogP contribution in [-0.4, -0.2) is 47.9 Å². The lowest BCUT2D eigenvalue weighted by molar-refractivity contribution is -0.128. The quantitative estimate of drug-likeness (QED) is 0.428. The Bertz CT molecular complexity index is 848. The fourth-order valence-corrected chi connectivity index (χ4v) is 3.28. The van der Waals surface area contributed by atoms with Crippen LogP contribution >= 0.6 is 12.6 Å². The summed E-state index contributed by atoms with van der Waals surface area (Å²) in [6, 6.07) is 21.1. The van der Waals surface area contributed by atoms with Gasteiger partial charge in [-0.05, 0) is 37.3 Å². The summed E-state index contributed by atoms with van der Waals surface area (Å²) in [4.78, 5) is 20.8. The van der Waals surface area contributed by atoms with Crippen LogP contribution in [0.3, 0.4) is 0 Å². The fourth-order valence-electron chi connectivity index (χ4n) is 3.28. The number of benzene rings is 2. The van der Waals surface area contributed by atoms with E-state index in [1.54, 1.807) is 13.4 Å². The number of aliphatic hydroxyl groups is 1. The lowest BCUT2D eigenvalue weighted by atomic mass is 9.81. The predicted octanol–water partition coefficient (Wildman–Crippen LogP) is 3.78. The third-order valence-electron chi connectivity index (χ3n) is 4.45. The maximum atomic E-state index is 12.2. The molecule has 3 rings (SSSR count). The van der Waals surface area contributed by atoms with Crippen molar-refractivity contribution in [1.29, 1.82) is 0 Å². The minimum atomic E-state index is -1.13. The molecule has 0 saturated heterocycles. The van der Waals surface area contributed by atoms with Gasteiger partial charge in [-0.3, -0.25) is 4.79 Å². The van der Waals surface area contributed by atoms with Gasteiger partial charge in [0.25, 0.3) is 0 Å². The molecule has 3 aromatic rings. The largest absolute Gasteiger partial charge is 0.449 e. The van der Waals surface area contributed by atoms with E-state index in [0.29, 0.717) is 0 Å². The third-order valence-corrected chi connectivity index (χ3v) is 4.45. The summed E-state index contributed by atoms with van der Waals surface area (Å²) < 4.78 is 12.0. The molecule has 7 heteroatoms. The maximum Gasteiger partial charge on any atom is 0.317 e. The van der Waals surface area contributed by atoms with E-state index in [9.17, 15) is 4.79 Å². The Morgan fingerprint density at radius 3 is 1.68 bits per heavy atom. The Hall–Kier alpha value is -2.74. The number of nitrogens with zero attached hydrogens (tertiary/aromatic N) is 2. The highest BCUT2D eigenvalue weighted by atomic mass is 32.1. The van der Waals surface area contributed by atoms with E-state index in [-0.39, 0.29) is 6.01 Å². The van der Waals surface area contributed by atoms with Crippen LogP contribution in [0.25, 0.3) is 0 Å². The Kier molecular flexibility index (Phi) is 11.5. The molecular weight excluding hydrogens is 412 g/mol. The Balaban J connectivity index is 0.00000113. The fraction of sp³-hybridized carbons (Fsp3) is 0.292. The van der Waals surface area contributed by atoms with E-state index in [1.165, 1.54) is 0 Å². The monoisotopic (exact) mass is 442 g/mol. The van der Waals surface area contributed by atoms with Gasteiger partial charge >= 0.3 is 6.01 Å². The second-order valence-corrected chi connectivity index (χ2v) is 6.28. The smallest absolute Gasteiger partial charge is 0.317 e. The second-order valence-electron chi connectivity index (χ2n) is 6.28. The number of rotatable bonds is 7. The third kappa shape index (κ3) is 6.37. The summed E-state index contributed by atoms with van der Waals surface area (Å²) in [6.07, 6.45) is 1.46. The first kappa shape index (κ1) is 26.3. The molecule has 1 aromatic heterocycles. The number of hydrogen-bond donors (Lipinski definition) is 2. The van der Waals surface area contributed by atoms with Gasteiger partial charge in [0.1, 0.15) is 0 Å². The molecule has 31 heavy (non-hydrogen) atoms. The average Bonchev–Trinajstić information content (AvgIpc) is 2.82. The predicted molar refractivity (Wildman–Crippen MR) is 126 cm³/mol. The highest BCUT2D eigenvalue weighted by Gasteiger charge is 2.45. The molecule has 1 atom stereocenters. The highest BCUT2D eigenvalue weighted by molar-refractivity contribution is 7.79. The van der Waals surface area contributed by atoms with Gasteiger partial charge < -0.3 is 14.6 Å². The molecule has 0 spiro atoms. The van der Waals surface area contributed by atoms with Crippen LogP contribution in [-0.2, 0) is 15.1 Å². The molecule has 0 aliphatic heterocycles. The Labute approximate surface area is 189 Å². The van der Waals surface area contributed by atoms with Crippen LogP contribution in [0.5, 0.6) is 6.01 Å². The first-order valence-electron chi connectivity index (χ1n) is 9.60. The minimum Gasteiger partial charge on any atom is -0.449 e. The van der Waals surface area contributed by atoms with Crippen LogP contribution in [0, 0.1) is 13.8 Å². The second kappa shape index (κ2) is 13.5. The Morgan fingerprint density at radius 2 is 1.32 bits per heavy atom. The number of carbonyl (C=O) groups is 1. The highest BCUT2D eigenvalue weighted by Crippen LogP contribution is 2.37. The molecular formula is C24H30N2O4S. The lowest BCUT2D eigenvalue weighted by Gasteiger charge is -2.37. The molecule has 1 unspecified atom stereocenters. The summed E-state index contributed by atoms with van der Waals surface area (Å²) in [5, 5.41) is 7.00. The number of carbonyl (C=O) groups excluding carboxylic acids is 1. The molecule has 0 aliphatic rings. The number of aldehydes is 1. The average molecular weight is 443 g/mol. The SMILES string of the molecule is CO.COC(c1ccccc1)(c1ccccc1)C(C=O)Oc1nc(C)cc(C)n1.CS. The van der Waals surface area contributed by atoms with Crippen LogP contribution in [0.15, 0.2) is 66.7 Å². The van der Waals surface area contributed by atoms with Gasteiger partial charge in [0.15, 0.2) is 18.0 Å². The summed E-state index contributed by atoms with van der Waals surface area (Å²) in [7, 11) is 2.57. The van der Waals surface area contributed by atoms with E-state index in [2.05, 4.69) is 22.6 Å². The summed E-state index contributed by atoms with van der Waals surface area (Å²) in [5.74, 6) is 0. The zero-order valence-electron chi connectivity index (χ0n) is 18.5. The van der Waals surface area contributed by atoms with Crippen molar-refractivity contribution in [3.05, 3.63) is 89.2 Å². The van der Waals surface area contributed by atoms with Crippen molar-refractivity contribution in [3.63, 3.8) is 0 Å². The van der Waals surface area contributed by atoms with E-state index in [1.807, 2.05) is 80.6 Å². The van der Waals surface area contributed by atoms with Crippen molar-refractivity contribution in [1.82, 2.24) is 9.97 Å². The molecule has 0 bridgehead atoms. The molecule has 0 fully saturated rings. The number of methoxy groups -OCH3 is 1. The van der Waals surface area contributed by atoms with Crippen molar-refractivity contribution >= 4 is 18.9 Å². The minimum absolute atomic E-state index is 0.151. The van der Waals surface area contributed by atoms with Crippen LogP contribution in [0.2, 0.25) is 0 Å². The number of aryl methyl sites for hydroxylation is 2. The van der Waals surface area contributed by atoms with Gasteiger partial charge in [0.2, 0.25) is 0 Å². The molecule has 6 nitrogen and oxygen atoms in total. The van der Waals surface area contributed by atoms with Crippen molar-refractivity contribution < 1.29 is 19.4 Å².